The number of ketones is 3. The number of aromatic hydroxyl groups is 1. The van der Waals surface area contributed by atoms with Crippen LogP contribution in [0.2, 0.25) is 0 Å². The highest BCUT2D eigenvalue weighted by Gasteiger charge is 2.53. The lowest BCUT2D eigenvalue weighted by Crippen LogP contribution is -2.46. The number of methoxy groups -OCH3 is 1. The van der Waals surface area contributed by atoms with Crippen molar-refractivity contribution < 1.29 is 75.9 Å². The Kier molecular flexibility index (Phi) is 16.2. The van der Waals surface area contributed by atoms with E-state index < -0.39 is 123 Å². The molecule has 0 radical (unpaired) electrons. The van der Waals surface area contributed by atoms with Crippen molar-refractivity contribution in [2.24, 2.45) is 28.8 Å². The largest absolute Gasteiger partial charge is 0.507 e. The Hall–Kier alpha value is -6.94. The number of rotatable bonds is 7. The molecular weight excluding hydrogens is 972 g/mol. The van der Waals surface area contributed by atoms with Gasteiger partial charge in [-0.15, -0.1) is 0 Å². The number of amides is 1. The first-order valence-corrected chi connectivity index (χ1v) is 24.0. The van der Waals surface area contributed by atoms with Gasteiger partial charge in [-0.05, 0) is 32.1 Å². The highest BCUT2D eigenvalue weighted by Crippen LogP contribution is 2.48. The predicted molar refractivity (Wildman–Crippen MR) is 260 cm³/mol. The Morgan fingerprint density at radius 3 is 2.26 bits per heavy atom. The van der Waals surface area contributed by atoms with Crippen LogP contribution in [0, 0.1) is 30.6 Å². The Bertz CT molecular complexity index is 2850. The standard InChI is InChI=1S/C53H60F3N5O13/c1-26-11-10-12-27(2)51(69)58-42-36(24-57-61-20-18-60(19-21-61)25-35-23-37(59-74-35)33-13-15-34(16-14-33)53(54,55)56)46(66)39-40(47(42)67)45(65)31(6)49-41(39)50(68)52(8,73-49)71-22-17-38(70-9)28(3)48(72-32(7)62)30(5)44(64)29(4)43(26)63/h10-17,22-24,26,28-30,38,43-44,48,63-65H,18-21,25H2,1-9H3,(H,58,69)/b11-10+,22-17+,27-12-,57-24+/t26-,28+,29+,30+,38-,43-,44+,48+,52-/m0/s1. The van der Waals surface area contributed by atoms with Crippen molar-refractivity contribution in [1.29, 1.82) is 0 Å². The number of aromatic nitrogens is 1. The minimum atomic E-state index is -4.48. The molecule has 2 aromatic carbocycles. The number of carbonyl (C=O) groups excluding carboxylic acids is 5. The number of ether oxygens (including phenoxy) is 4. The van der Waals surface area contributed by atoms with E-state index in [0.29, 0.717) is 49.7 Å². The second-order valence-electron chi connectivity index (χ2n) is 19.3. The first-order valence-electron chi connectivity index (χ1n) is 24.0. The first kappa shape index (κ1) is 54.8. The first-order chi connectivity index (χ1) is 34.9. The summed E-state index contributed by atoms with van der Waals surface area (Å²) in [6, 6.07) is 6.21. The minimum absolute atomic E-state index is 0.0631. The number of carbonyl (C=O) groups is 5. The summed E-state index contributed by atoms with van der Waals surface area (Å²) >= 11 is 0. The summed E-state index contributed by atoms with van der Waals surface area (Å²) in [7, 11) is 1.40. The number of nitrogens with zero attached hydrogens (tertiary/aromatic N) is 4. The second kappa shape index (κ2) is 21.9. The number of esters is 1. The van der Waals surface area contributed by atoms with Crippen molar-refractivity contribution >= 4 is 35.4 Å². The Labute approximate surface area is 425 Å². The molecule has 3 aromatic rings. The van der Waals surface area contributed by atoms with E-state index in [1.165, 1.54) is 65.2 Å². The molecule has 1 aliphatic carbocycles. The number of halogens is 3. The van der Waals surface area contributed by atoms with Gasteiger partial charge in [0.2, 0.25) is 5.78 Å². The maximum absolute atomic E-state index is 14.9. The van der Waals surface area contributed by atoms with Crippen LogP contribution >= 0.6 is 0 Å². The third-order valence-corrected chi connectivity index (χ3v) is 14.1. The van der Waals surface area contributed by atoms with E-state index >= 15 is 0 Å². The summed E-state index contributed by atoms with van der Waals surface area (Å²) in [5.74, 6) is -9.56. The van der Waals surface area contributed by atoms with E-state index in [-0.39, 0.29) is 22.4 Å². The lowest BCUT2D eigenvalue weighted by Gasteiger charge is -2.38. The predicted octanol–water partition coefficient (Wildman–Crippen LogP) is 6.48. The molecule has 1 aromatic heterocycles. The van der Waals surface area contributed by atoms with E-state index in [4.69, 9.17) is 23.5 Å². The van der Waals surface area contributed by atoms with Crippen LogP contribution in [-0.4, -0.2) is 129 Å². The van der Waals surface area contributed by atoms with E-state index in [1.807, 2.05) is 4.90 Å². The van der Waals surface area contributed by atoms with Crippen LogP contribution in [0.5, 0.6) is 11.5 Å². The van der Waals surface area contributed by atoms with Crippen LogP contribution in [0.15, 0.2) is 87.4 Å². The molecule has 1 amide bonds. The summed E-state index contributed by atoms with van der Waals surface area (Å²) in [5.41, 5.74) is -2.29. The number of hydrogen-bond donors (Lipinski definition) is 4. The number of Topliss-reactive ketones (excluding diaryl/α,β-unsaturated/α-hetero) is 3. The van der Waals surface area contributed by atoms with Gasteiger partial charge in [0.15, 0.2) is 11.5 Å². The van der Waals surface area contributed by atoms with Crippen LogP contribution in [0.1, 0.15) is 96.4 Å². The van der Waals surface area contributed by atoms with Crippen LogP contribution < -0.4 is 10.1 Å². The molecule has 9 atom stereocenters. The van der Waals surface area contributed by atoms with Crippen molar-refractivity contribution in [2.75, 3.05) is 33.3 Å². The van der Waals surface area contributed by atoms with Gasteiger partial charge >= 0.3 is 17.9 Å². The molecular formula is C53H60F3N5O13. The average molecular weight is 1030 g/mol. The molecule has 5 aliphatic rings. The lowest BCUT2D eigenvalue weighted by molar-refractivity contribution is -0.160. The molecule has 396 valence electrons. The fraction of sp³-hybridized carbons (Fsp3) is 0.453. The molecule has 18 nitrogen and oxygen atoms in total. The summed E-state index contributed by atoms with van der Waals surface area (Å²) in [5, 5.41) is 47.4. The highest BCUT2D eigenvalue weighted by molar-refractivity contribution is 6.37. The smallest absolute Gasteiger partial charge is 0.416 e. The fourth-order valence-corrected chi connectivity index (χ4v) is 9.56. The zero-order valence-corrected chi connectivity index (χ0v) is 42.4. The van der Waals surface area contributed by atoms with Crippen LogP contribution in [0.3, 0.4) is 0 Å². The molecule has 8 rings (SSSR count). The molecule has 4 aliphatic heterocycles. The summed E-state index contributed by atoms with van der Waals surface area (Å²) < 4.78 is 68.4. The number of alkyl halides is 3. The molecule has 0 saturated carbocycles. The Balaban J connectivity index is 1.21. The number of aliphatic hydroxyl groups is 2. The monoisotopic (exact) mass is 1030 g/mol. The van der Waals surface area contributed by atoms with Crippen molar-refractivity contribution in [3.8, 4) is 22.8 Å². The second-order valence-corrected chi connectivity index (χ2v) is 19.3. The molecule has 74 heavy (non-hydrogen) atoms. The normalized spacial score (nSPS) is 29.2. The number of allylic oxidation sites excluding steroid dienone is 4. The van der Waals surface area contributed by atoms with Gasteiger partial charge in [0.25, 0.3) is 11.7 Å². The zero-order chi connectivity index (χ0) is 54.1. The maximum Gasteiger partial charge on any atom is 0.416 e. The van der Waals surface area contributed by atoms with Crippen molar-refractivity contribution in [3.63, 3.8) is 0 Å². The summed E-state index contributed by atoms with van der Waals surface area (Å²) in [6.07, 6.45) is -0.332. The van der Waals surface area contributed by atoms with Gasteiger partial charge in [-0.25, -0.2) is 0 Å². The Morgan fingerprint density at radius 2 is 1.62 bits per heavy atom. The third-order valence-electron chi connectivity index (χ3n) is 14.1. The number of aliphatic hydroxyl groups excluding tert-OH is 2. The van der Waals surface area contributed by atoms with E-state index in [9.17, 15) is 52.5 Å². The molecule has 5 bridgehead atoms. The van der Waals surface area contributed by atoms with Crippen molar-refractivity contribution in [3.05, 3.63) is 111 Å². The Morgan fingerprint density at radius 1 is 0.946 bits per heavy atom. The van der Waals surface area contributed by atoms with Crippen molar-refractivity contribution in [1.82, 2.24) is 20.4 Å². The lowest BCUT2D eigenvalue weighted by atomic mass is 9.78. The number of nitrogens with one attached hydrogen (secondary N) is 1. The number of fused-ring (bicyclic) bond motifs is 14. The average Bonchev–Trinajstić information content (AvgIpc) is 3.94. The third kappa shape index (κ3) is 11.1. The number of phenols is 1. The maximum atomic E-state index is 14.9. The highest BCUT2D eigenvalue weighted by atomic mass is 19.4. The molecule has 0 spiro atoms. The van der Waals surface area contributed by atoms with E-state index in [1.54, 1.807) is 44.8 Å². The minimum Gasteiger partial charge on any atom is -0.507 e. The van der Waals surface area contributed by atoms with Gasteiger partial charge in [-0.3, -0.25) is 33.9 Å². The van der Waals surface area contributed by atoms with Gasteiger partial charge in [-0.1, -0.05) is 63.2 Å². The number of hydrogen-bond acceptors (Lipinski definition) is 17. The molecule has 1 fully saturated rings. The molecule has 4 N–H and O–H groups in total. The zero-order valence-electron chi connectivity index (χ0n) is 42.4. The number of piperazine rings is 1. The molecule has 1 saturated heterocycles. The quantitative estimate of drug-likeness (QED) is 0.146. The number of hydrazone groups is 1. The van der Waals surface area contributed by atoms with Gasteiger partial charge in [-0.2, -0.15) is 18.3 Å². The molecule has 21 heteroatoms. The van der Waals surface area contributed by atoms with Crippen LogP contribution in [0.25, 0.3) is 11.3 Å². The van der Waals surface area contributed by atoms with Crippen molar-refractivity contribution in [2.45, 2.75) is 98.3 Å². The molecule has 0 unspecified atom stereocenters. The van der Waals surface area contributed by atoms with Gasteiger partial charge in [0.05, 0.1) is 65.2 Å². The van der Waals surface area contributed by atoms with Crippen LogP contribution in [-0.2, 0) is 36.5 Å². The fourth-order valence-electron chi connectivity index (χ4n) is 9.56. The topological polar surface area (TPSA) is 240 Å². The SMILES string of the molecule is CO[C@H]1/C=C/O[C@@]2(C)Oc3c(C)c(O)c4c(c3C2=O)C(=O)C(/C=N/N2CCN(Cc3cc(-c5ccc(C(F)(F)F)cc5)no3)CC2)=C(NC(=O)/C(C)=C\C=C\[C@H](C)[C@H](O)[C@@H](C)[C@@H](O)[C@@H](C)[C@H](OC(C)=O)[C@@H]1C)C4=O. The van der Waals surface area contributed by atoms with E-state index in [2.05, 4.69) is 15.6 Å². The van der Waals surface area contributed by atoms with Crippen LogP contribution in [0.4, 0.5) is 13.2 Å². The van der Waals surface area contributed by atoms with Gasteiger partial charge in [0, 0.05) is 93.6 Å². The van der Waals surface area contributed by atoms with Gasteiger partial charge < -0.3 is 44.1 Å². The number of benzene rings is 2. The summed E-state index contributed by atoms with van der Waals surface area (Å²) in [4.78, 5) is 72.6. The van der Waals surface area contributed by atoms with Gasteiger partial charge in [0.1, 0.15) is 29.0 Å². The van der Waals surface area contributed by atoms with E-state index in [0.717, 1.165) is 24.6 Å². The molecule has 5 heterocycles. The number of phenolic OH excluding ortho intramolecular Hbond substituents is 1. The summed E-state index contributed by atoms with van der Waals surface area (Å²) in [6.45, 7) is 13.9.